The lowest BCUT2D eigenvalue weighted by Gasteiger charge is -2.23. The first kappa shape index (κ1) is 15.2. The van der Waals surface area contributed by atoms with Crippen molar-refractivity contribution in [2.45, 2.75) is 32.2 Å². The summed E-state index contributed by atoms with van der Waals surface area (Å²) in [5, 5.41) is 10.9. The van der Waals surface area contributed by atoms with Crippen LogP contribution in [-0.2, 0) is 9.59 Å². The van der Waals surface area contributed by atoms with E-state index < -0.39 is 18.0 Å². The molecule has 0 aliphatic rings. The lowest BCUT2D eigenvalue weighted by molar-refractivity contribution is -0.138. The van der Waals surface area contributed by atoms with Gasteiger partial charge in [0, 0.05) is 13.6 Å². The average molecular weight is 245 g/mol. The van der Waals surface area contributed by atoms with Crippen LogP contribution in [-0.4, -0.2) is 47.5 Å². The zero-order chi connectivity index (χ0) is 13.4. The van der Waals surface area contributed by atoms with E-state index in [2.05, 4.69) is 5.32 Å². The first-order valence-electron chi connectivity index (χ1n) is 5.41. The zero-order valence-corrected chi connectivity index (χ0v) is 10.1. The topological polar surface area (TPSA) is 113 Å². The maximum Gasteiger partial charge on any atom is 0.312 e. The summed E-state index contributed by atoms with van der Waals surface area (Å²) in [4.78, 5) is 34.2. The van der Waals surface area contributed by atoms with Crippen LogP contribution in [0.4, 0.5) is 4.79 Å². The van der Waals surface area contributed by atoms with Gasteiger partial charge in [-0.2, -0.15) is 0 Å². The Bertz CT molecular complexity index is 293. The number of hydrogen-bond donors (Lipinski definition) is 3. The van der Waals surface area contributed by atoms with E-state index in [1.54, 1.807) is 0 Å². The summed E-state index contributed by atoms with van der Waals surface area (Å²) in [5.74, 6) is -1.30. The van der Waals surface area contributed by atoms with Gasteiger partial charge < -0.3 is 21.1 Å². The smallest absolute Gasteiger partial charge is 0.312 e. The van der Waals surface area contributed by atoms with Crippen LogP contribution in [0.5, 0.6) is 0 Å². The van der Waals surface area contributed by atoms with E-state index in [4.69, 9.17) is 10.8 Å². The summed E-state index contributed by atoms with van der Waals surface area (Å²) >= 11 is 0. The Morgan fingerprint density at radius 3 is 2.41 bits per heavy atom. The van der Waals surface area contributed by atoms with Crippen molar-refractivity contribution in [2.24, 2.45) is 5.73 Å². The number of carboxylic acids is 1. The minimum absolute atomic E-state index is 0.106. The number of primary amides is 1. The van der Waals surface area contributed by atoms with E-state index in [1.165, 1.54) is 11.9 Å². The lowest BCUT2D eigenvalue weighted by atomic mass is 10.1. The monoisotopic (exact) mass is 245 g/mol. The van der Waals surface area contributed by atoms with Gasteiger partial charge in [-0.1, -0.05) is 13.3 Å². The molecule has 0 bridgehead atoms. The number of hydrogen-bond acceptors (Lipinski definition) is 3. The molecule has 0 aromatic carbocycles. The molecule has 0 heterocycles. The Labute approximate surface area is 100.0 Å². The maximum absolute atomic E-state index is 11.8. The fraction of sp³-hybridized carbons (Fsp3) is 0.700. The summed E-state index contributed by atoms with van der Waals surface area (Å²) in [6.07, 6.45) is 1.06. The van der Waals surface area contributed by atoms with Crippen molar-refractivity contribution in [2.75, 3.05) is 13.6 Å². The Balaban J connectivity index is 4.37. The number of aliphatic carboxylic acids is 1. The molecule has 0 saturated heterocycles. The van der Waals surface area contributed by atoms with Gasteiger partial charge >= 0.3 is 12.0 Å². The van der Waals surface area contributed by atoms with E-state index in [9.17, 15) is 14.4 Å². The highest BCUT2D eigenvalue weighted by Gasteiger charge is 2.22. The predicted octanol–water partition coefficient (Wildman–Crippen LogP) is -0.243. The number of rotatable bonds is 7. The third kappa shape index (κ3) is 6.39. The van der Waals surface area contributed by atoms with Gasteiger partial charge in [0.25, 0.3) is 0 Å². The quantitative estimate of drug-likeness (QED) is 0.574. The summed E-state index contributed by atoms with van der Waals surface area (Å²) in [7, 11) is 1.50. The van der Waals surface area contributed by atoms with Crippen LogP contribution < -0.4 is 11.1 Å². The first-order chi connectivity index (χ1) is 7.88. The molecule has 0 aromatic rings. The van der Waals surface area contributed by atoms with Crippen LogP contribution in [0.1, 0.15) is 26.2 Å². The Kier molecular flexibility index (Phi) is 6.69. The van der Waals surface area contributed by atoms with Crippen molar-refractivity contribution < 1.29 is 19.5 Å². The van der Waals surface area contributed by atoms with Gasteiger partial charge in [0.15, 0.2) is 0 Å². The predicted molar refractivity (Wildman–Crippen MR) is 61.3 cm³/mol. The summed E-state index contributed by atoms with van der Waals surface area (Å²) < 4.78 is 0. The fourth-order valence-corrected chi connectivity index (χ4v) is 1.36. The Morgan fingerprint density at radius 2 is 2.00 bits per heavy atom. The molecule has 0 aromatic heterocycles. The molecular weight excluding hydrogens is 226 g/mol. The molecule has 0 rings (SSSR count). The van der Waals surface area contributed by atoms with Crippen molar-refractivity contribution in [3.05, 3.63) is 0 Å². The number of nitrogens with two attached hydrogens (primary N) is 1. The van der Waals surface area contributed by atoms with Crippen LogP contribution in [0.25, 0.3) is 0 Å². The molecule has 0 spiro atoms. The molecule has 1 atom stereocenters. The zero-order valence-electron chi connectivity index (χ0n) is 10.1. The van der Waals surface area contributed by atoms with Crippen molar-refractivity contribution in [3.63, 3.8) is 0 Å². The minimum atomic E-state index is -0.973. The summed E-state index contributed by atoms with van der Waals surface area (Å²) in [5.41, 5.74) is 4.97. The second kappa shape index (κ2) is 7.48. The van der Waals surface area contributed by atoms with Crippen LogP contribution in [0.2, 0.25) is 0 Å². The average Bonchev–Trinajstić information content (AvgIpc) is 2.23. The molecule has 7 heteroatoms. The van der Waals surface area contributed by atoms with Crippen molar-refractivity contribution in [3.8, 4) is 0 Å². The molecule has 98 valence electrons. The normalized spacial score (nSPS) is 11.6. The van der Waals surface area contributed by atoms with Gasteiger partial charge in [0.05, 0.1) is 6.42 Å². The molecule has 0 aliphatic carbocycles. The molecule has 0 aliphatic heterocycles. The van der Waals surface area contributed by atoms with Crippen LogP contribution >= 0.6 is 0 Å². The van der Waals surface area contributed by atoms with E-state index in [1.807, 2.05) is 6.92 Å². The third-order valence-electron chi connectivity index (χ3n) is 2.23. The van der Waals surface area contributed by atoms with Gasteiger partial charge in [-0.15, -0.1) is 0 Å². The van der Waals surface area contributed by atoms with E-state index in [0.29, 0.717) is 12.8 Å². The molecule has 0 saturated carbocycles. The minimum Gasteiger partial charge on any atom is -0.481 e. The van der Waals surface area contributed by atoms with Gasteiger partial charge in [-0.25, -0.2) is 4.79 Å². The molecular formula is C10H19N3O4. The number of carboxylic acid groups (broad SMARTS) is 1. The molecule has 7 nitrogen and oxygen atoms in total. The highest BCUT2D eigenvalue weighted by atomic mass is 16.4. The molecule has 0 unspecified atom stereocenters. The SMILES string of the molecule is CCC[C@@H](NC(N)=O)C(=O)N(C)CCC(=O)O. The van der Waals surface area contributed by atoms with E-state index in [-0.39, 0.29) is 18.9 Å². The van der Waals surface area contributed by atoms with Crippen LogP contribution in [0.15, 0.2) is 0 Å². The molecule has 3 amide bonds. The number of carbonyl (C=O) groups is 3. The van der Waals surface area contributed by atoms with Crippen LogP contribution in [0, 0.1) is 0 Å². The number of nitrogens with one attached hydrogen (secondary N) is 1. The largest absolute Gasteiger partial charge is 0.481 e. The molecule has 4 N–H and O–H groups in total. The number of amides is 3. The molecule has 0 fully saturated rings. The van der Waals surface area contributed by atoms with Gasteiger partial charge in [-0.3, -0.25) is 9.59 Å². The first-order valence-corrected chi connectivity index (χ1v) is 5.41. The van der Waals surface area contributed by atoms with Crippen LogP contribution in [0.3, 0.4) is 0 Å². The van der Waals surface area contributed by atoms with E-state index in [0.717, 1.165) is 0 Å². The highest BCUT2D eigenvalue weighted by Crippen LogP contribution is 2.02. The summed E-state index contributed by atoms with van der Waals surface area (Å²) in [6.45, 7) is 1.98. The number of urea groups is 1. The standard InChI is InChI=1S/C10H19N3O4/c1-3-4-7(12-10(11)17)9(16)13(2)6-5-8(14)15/h7H,3-6H2,1-2H3,(H,14,15)(H3,11,12,17)/t7-/m1/s1. The fourth-order valence-electron chi connectivity index (χ4n) is 1.36. The molecule has 0 radical (unpaired) electrons. The van der Waals surface area contributed by atoms with Gasteiger partial charge in [0.2, 0.25) is 5.91 Å². The Hall–Kier alpha value is -1.79. The van der Waals surface area contributed by atoms with Crippen molar-refractivity contribution in [1.29, 1.82) is 0 Å². The number of nitrogens with zero attached hydrogens (tertiary/aromatic N) is 1. The lowest BCUT2D eigenvalue weighted by Crippen LogP contribution is -2.49. The van der Waals surface area contributed by atoms with Gasteiger partial charge in [-0.05, 0) is 6.42 Å². The summed E-state index contributed by atoms with van der Waals surface area (Å²) in [6, 6.07) is -1.44. The second-order valence-electron chi connectivity index (χ2n) is 3.75. The third-order valence-corrected chi connectivity index (χ3v) is 2.23. The highest BCUT2D eigenvalue weighted by molar-refractivity contribution is 5.86. The Morgan fingerprint density at radius 1 is 1.41 bits per heavy atom. The van der Waals surface area contributed by atoms with Gasteiger partial charge in [0.1, 0.15) is 6.04 Å². The second-order valence-corrected chi connectivity index (χ2v) is 3.75. The number of likely N-dealkylation sites (N-methyl/N-ethyl adjacent to an activating group) is 1. The number of carbonyl (C=O) groups excluding carboxylic acids is 2. The van der Waals surface area contributed by atoms with Crippen molar-refractivity contribution in [1.82, 2.24) is 10.2 Å². The maximum atomic E-state index is 11.8. The molecule has 17 heavy (non-hydrogen) atoms. The van der Waals surface area contributed by atoms with E-state index >= 15 is 0 Å². The van der Waals surface area contributed by atoms with Crippen molar-refractivity contribution >= 4 is 17.9 Å².